The Morgan fingerprint density at radius 1 is 1.50 bits per heavy atom. The highest BCUT2D eigenvalue weighted by Crippen LogP contribution is 2.03. The largest absolute Gasteiger partial charge is 0.480 e. The predicted molar refractivity (Wildman–Crippen MR) is 78.8 cm³/mol. The SMILES string of the molecule is CCCC(C#N)C(=O)O.S=C(S)c1ccccc1. The van der Waals surface area contributed by atoms with Gasteiger partial charge in [-0.2, -0.15) is 5.26 Å². The van der Waals surface area contributed by atoms with Gasteiger partial charge in [0.25, 0.3) is 0 Å². The summed E-state index contributed by atoms with van der Waals surface area (Å²) in [5, 5.41) is 16.5. The monoisotopic (exact) mass is 281 g/mol. The minimum absolute atomic E-state index is 0.450. The summed E-state index contributed by atoms with van der Waals surface area (Å²) < 4.78 is 0.649. The van der Waals surface area contributed by atoms with Crippen molar-refractivity contribution >= 4 is 35.0 Å². The van der Waals surface area contributed by atoms with Gasteiger partial charge in [-0.15, -0.1) is 12.6 Å². The molecule has 1 aromatic rings. The number of nitrogens with zero attached hydrogens (tertiary/aromatic N) is 1. The normalized spacial score (nSPS) is 10.5. The second-order valence-electron chi connectivity index (χ2n) is 3.48. The average Bonchev–Trinajstić information content (AvgIpc) is 2.37. The first-order chi connectivity index (χ1) is 8.52. The first-order valence-electron chi connectivity index (χ1n) is 5.43. The fraction of sp³-hybridized carbons (Fsp3) is 0.308. The van der Waals surface area contributed by atoms with E-state index in [0.717, 1.165) is 12.0 Å². The molecule has 0 aliphatic heterocycles. The van der Waals surface area contributed by atoms with E-state index in [4.69, 9.17) is 22.6 Å². The summed E-state index contributed by atoms with van der Waals surface area (Å²) in [6, 6.07) is 11.4. The van der Waals surface area contributed by atoms with Gasteiger partial charge in [0.15, 0.2) is 0 Å². The number of carbonyl (C=O) groups is 1. The summed E-state index contributed by atoms with van der Waals surface area (Å²) in [6.07, 6.45) is 1.19. The molecular weight excluding hydrogens is 266 g/mol. The van der Waals surface area contributed by atoms with Crippen LogP contribution in [-0.4, -0.2) is 15.3 Å². The standard InChI is InChI=1S/C7H6S2.C6H9NO2/c8-7(9)6-4-2-1-3-5-6;1-2-3-5(4-7)6(8)9/h1-5H,(H,8,9);5H,2-3H2,1H3,(H,8,9). The van der Waals surface area contributed by atoms with Gasteiger partial charge in [0.2, 0.25) is 0 Å². The lowest BCUT2D eigenvalue weighted by Gasteiger charge is -1.97. The van der Waals surface area contributed by atoms with E-state index in [1.165, 1.54) is 0 Å². The number of carboxylic acid groups (broad SMARTS) is 1. The fourth-order valence-electron chi connectivity index (χ4n) is 1.11. The highest BCUT2D eigenvalue weighted by molar-refractivity contribution is 8.11. The zero-order valence-corrected chi connectivity index (χ0v) is 11.7. The van der Waals surface area contributed by atoms with Gasteiger partial charge in [-0.1, -0.05) is 55.9 Å². The number of hydrogen-bond donors (Lipinski definition) is 2. The van der Waals surface area contributed by atoms with E-state index < -0.39 is 11.9 Å². The van der Waals surface area contributed by atoms with Crippen molar-refractivity contribution in [2.24, 2.45) is 5.92 Å². The van der Waals surface area contributed by atoms with E-state index in [9.17, 15) is 4.79 Å². The topological polar surface area (TPSA) is 61.1 Å². The minimum Gasteiger partial charge on any atom is -0.480 e. The van der Waals surface area contributed by atoms with Crippen LogP contribution in [-0.2, 0) is 4.79 Å². The van der Waals surface area contributed by atoms with Gasteiger partial charge in [-0.3, -0.25) is 4.79 Å². The third-order valence-corrected chi connectivity index (χ3v) is 2.55. The van der Waals surface area contributed by atoms with Crippen LogP contribution in [0.15, 0.2) is 30.3 Å². The number of rotatable bonds is 4. The maximum Gasteiger partial charge on any atom is 0.320 e. The van der Waals surface area contributed by atoms with E-state index in [0.29, 0.717) is 10.6 Å². The summed E-state index contributed by atoms with van der Waals surface area (Å²) in [5.74, 6) is -1.82. The molecule has 1 rings (SSSR count). The first-order valence-corrected chi connectivity index (χ1v) is 6.29. The summed E-state index contributed by atoms with van der Waals surface area (Å²) in [7, 11) is 0. The van der Waals surface area contributed by atoms with Crippen LogP contribution in [0.5, 0.6) is 0 Å². The summed E-state index contributed by atoms with van der Waals surface area (Å²) in [6.45, 7) is 1.85. The Labute approximate surface area is 118 Å². The molecular formula is C13H15NO2S2. The number of thiol groups is 1. The van der Waals surface area contributed by atoms with Crippen LogP contribution in [0.4, 0.5) is 0 Å². The molecule has 0 heterocycles. The van der Waals surface area contributed by atoms with Crippen molar-refractivity contribution in [3.05, 3.63) is 35.9 Å². The fourth-order valence-corrected chi connectivity index (χ4v) is 1.40. The van der Waals surface area contributed by atoms with Crippen molar-refractivity contribution in [3.63, 3.8) is 0 Å². The van der Waals surface area contributed by atoms with Gasteiger partial charge in [0.1, 0.15) is 5.92 Å². The molecule has 1 N–H and O–H groups in total. The molecule has 1 aromatic carbocycles. The molecule has 0 aromatic heterocycles. The summed E-state index contributed by atoms with van der Waals surface area (Å²) >= 11 is 8.85. The Morgan fingerprint density at radius 2 is 2.06 bits per heavy atom. The third-order valence-electron chi connectivity index (χ3n) is 2.05. The molecule has 1 unspecified atom stereocenters. The highest BCUT2D eigenvalue weighted by Gasteiger charge is 2.13. The van der Waals surface area contributed by atoms with E-state index in [1.807, 2.05) is 37.3 Å². The molecule has 0 aliphatic carbocycles. The van der Waals surface area contributed by atoms with Gasteiger partial charge in [-0.05, 0) is 12.0 Å². The summed E-state index contributed by atoms with van der Waals surface area (Å²) in [5.41, 5.74) is 1.01. The van der Waals surface area contributed by atoms with Crippen LogP contribution in [0.2, 0.25) is 0 Å². The van der Waals surface area contributed by atoms with Crippen LogP contribution in [0.25, 0.3) is 0 Å². The third kappa shape index (κ3) is 7.05. The van der Waals surface area contributed by atoms with Crippen LogP contribution in [0.3, 0.4) is 0 Å². The molecule has 1 atom stereocenters. The predicted octanol–water partition coefficient (Wildman–Crippen LogP) is 3.30. The van der Waals surface area contributed by atoms with Crippen LogP contribution in [0.1, 0.15) is 25.3 Å². The lowest BCUT2D eigenvalue weighted by Crippen LogP contribution is -2.10. The van der Waals surface area contributed by atoms with Gasteiger partial charge in [-0.25, -0.2) is 0 Å². The lowest BCUT2D eigenvalue weighted by molar-refractivity contribution is -0.139. The molecule has 0 amide bonds. The molecule has 0 bridgehead atoms. The second kappa shape index (κ2) is 9.63. The Bertz CT molecular complexity index is 426. The Kier molecular flexibility index (Phi) is 8.89. The van der Waals surface area contributed by atoms with E-state index in [-0.39, 0.29) is 0 Å². The van der Waals surface area contributed by atoms with Crippen molar-refractivity contribution in [3.8, 4) is 6.07 Å². The number of benzene rings is 1. The van der Waals surface area contributed by atoms with Crippen LogP contribution < -0.4 is 0 Å². The molecule has 5 heteroatoms. The zero-order chi connectivity index (χ0) is 14.0. The maximum atomic E-state index is 10.1. The second-order valence-corrected chi connectivity index (χ2v) is 4.64. The molecule has 0 saturated carbocycles. The number of thiocarbonyl (C=S) groups is 1. The molecule has 0 saturated heterocycles. The number of carboxylic acids is 1. The van der Waals surface area contributed by atoms with Gasteiger partial charge in [0, 0.05) is 0 Å². The first kappa shape index (κ1) is 16.6. The molecule has 3 nitrogen and oxygen atoms in total. The maximum absolute atomic E-state index is 10.1. The van der Waals surface area contributed by atoms with Crippen molar-refractivity contribution in [2.75, 3.05) is 0 Å². The van der Waals surface area contributed by atoms with E-state index >= 15 is 0 Å². The zero-order valence-electron chi connectivity index (χ0n) is 10.0. The minimum atomic E-state index is -1.01. The van der Waals surface area contributed by atoms with Gasteiger partial charge in [0.05, 0.1) is 10.3 Å². The summed E-state index contributed by atoms with van der Waals surface area (Å²) in [4.78, 5) is 10.1. The van der Waals surface area contributed by atoms with Gasteiger partial charge < -0.3 is 5.11 Å². The molecule has 18 heavy (non-hydrogen) atoms. The smallest absolute Gasteiger partial charge is 0.320 e. The van der Waals surface area contributed by atoms with E-state index in [1.54, 1.807) is 6.07 Å². The number of aliphatic carboxylic acids is 1. The molecule has 0 fully saturated rings. The quantitative estimate of drug-likeness (QED) is 0.656. The Hall–Kier alpha value is -1.38. The van der Waals surface area contributed by atoms with Crippen molar-refractivity contribution in [1.29, 1.82) is 5.26 Å². The van der Waals surface area contributed by atoms with Crippen LogP contribution >= 0.6 is 24.8 Å². The molecule has 0 spiro atoms. The lowest BCUT2D eigenvalue weighted by atomic mass is 10.1. The molecule has 0 aliphatic rings. The van der Waals surface area contributed by atoms with Crippen LogP contribution in [0, 0.1) is 17.2 Å². The molecule has 96 valence electrons. The van der Waals surface area contributed by atoms with Crippen molar-refractivity contribution in [1.82, 2.24) is 0 Å². The Balaban J connectivity index is 0.000000321. The Morgan fingerprint density at radius 3 is 2.28 bits per heavy atom. The van der Waals surface area contributed by atoms with Crippen molar-refractivity contribution < 1.29 is 9.90 Å². The van der Waals surface area contributed by atoms with E-state index in [2.05, 4.69) is 12.6 Å². The average molecular weight is 281 g/mol. The number of nitriles is 1. The molecule has 0 radical (unpaired) electrons. The highest BCUT2D eigenvalue weighted by atomic mass is 32.1. The van der Waals surface area contributed by atoms with Crippen molar-refractivity contribution in [2.45, 2.75) is 19.8 Å². The number of hydrogen-bond acceptors (Lipinski definition) is 3. The van der Waals surface area contributed by atoms with Gasteiger partial charge >= 0.3 is 5.97 Å².